The molecule has 0 aliphatic carbocycles. The monoisotopic (exact) mass is 571 g/mol. The average Bonchev–Trinajstić information content (AvgIpc) is 2.94. The summed E-state index contributed by atoms with van der Waals surface area (Å²) >= 11 is 0. The Morgan fingerprint density at radius 3 is 2.12 bits per heavy atom. The molecule has 3 aromatic rings. The van der Waals surface area contributed by atoms with E-state index in [1.807, 2.05) is 26.0 Å². The van der Waals surface area contributed by atoms with Crippen molar-refractivity contribution < 1.29 is 32.9 Å². The van der Waals surface area contributed by atoms with Crippen molar-refractivity contribution in [3.63, 3.8) is 0 Å². The molecule has 3 rings (SSSR count). The Morgan fingerprint density at radius 1 is 0.878 bits per heavy atom. The van der Waals surface area contributed by atoms with Crippen molar-refractivity contribution in [1.82, 2.24) is 5.32 Å². The number of benzene rings is 3. The number of unbranched alkanes of at least 4 members (excludes halogenated alkanes) is 3. The smallest absolute Gasteiger partial charge is 0.417 e. The highest BCUT2D eigenvalue weighted by Crippen LogP contribution is 2.40. The minimum atomic E-state index is -4.57. The number of carbonyl (C=O) groups excluding carboxylic acids is 1. The van der Waals surface area contributed by atoms with Gasteiger partial charge < -0.3 is 20.3 Å². The highest BCUT2D eigenvalue weighted by atomic mass is 19.4. The van der Waals surface area contributed by atoms with Crippen LogP contribution in [0.25, 0.3) is 11.1 Å². The molecule has 222 valence electrons. The lowest BCUT2D eigenvalue weighted by Gasteiger charge is -2.22. The number of nitrogens with one attached hydrogen (secondary N) is 1. The summed E-state index contributed by atoms with van der Waals surface area (Å²) in [5.74, 6) is 0.0501. The van der Waals surface area contributed by atoms with E-state index in [1.54, 1.807) is 42.5 Å². The van der Waals surface area contributed by atoms with Crippen LogP contribution in [0.2, 0.25) is 0 Å². The molecule has 1 amide bonds. The van der Waals surface area contributed by atoms with Crippen LogP contribution in [-0.4, -0.2) is 29.0 Å². The second-order valence-electron chi connectivity index (χ2n) is 10.6. The summed E-state index contributed by atoms with van der Waals surface area (Å²) in [5.41, 5.74) is 2.04. The van der Waals surface area contributed by atoms with E-state index in [-0.39, 0.29) is 36.1 Å². The van der Waals surface area contributed by atoms with Gasteiger partial charge in [-0.25, -0.2) is 0 Å². The molecule has 8 heteroatoms. The number of hydrogen-bond donors (Lipinski definition) is 3. The van der Waals surface area contributed by atoms with Crippen LogP contribution in [0.4, 0.5) is 13.2 Å². The van der Waals surface area contributed by atoms with Crippen molar-refractivity contribution in [1.29, 1.82) is 0 Å². The lowest BCUT2D eigenvalue weighted by molar-refractivity contribution is -0.137. The number of rotatable bonds is 14. The van der Waals surface area contributed by atoms with Crippen molar-refractivity contribution in [2.24, 2.45) is 0 Å². The number of amides is 1. The van der Waals surface area contributed by atoms with E-state index < -0.39 is 24.1 Å². The van der Waals surface area contributed by atoms with Crippen LogP contribution in [0.15, 0.2) is 66.7 Å². The van der Waals surface area contributed by atoms with E-state index in [9.17, 15) is 18.0 Å². The Bertz CT molecular complexity index is 1240. The second kappa shape index (κ2) is 15.0. The third kappa shape index (κ3) is 9.61. The summed E-state index contributed by atoms with van der Waals surface area (Å²) < 4.78 is 48.8. The van der Waals surface area contributed by atoms with Crippen molar-refractivity contribution in [3.05, 3.63) is 89.0 Å². The highest BCUT2D eigenvalue weighted by molar-refractivity contribution is 5.94. The van der Waals surface area contributed by atoms with Crippen molar-refractivity contribution >= 4 is 5.91 Å². The molecule has 0 saturated heterocycles. The van der Waals surface area contributed by atoms with Gasteiger partial charge in [-0.05, 0) is 65.3 Å². The van der Waals surface area contributed by atoms with Crippen LogP contribution in [-0.2, 0) is 6.18 Å². The van der Waals surface area contributed by atoms with E-state index in [2.05, 4.69) is 12.2 Å². The number of aliphatic hydroxyl groups excluding tert-OH is 1. The predicted octanol–water partition coefficient (Wildman–Crippen LogP) is 8.02. The minimum absolute atomic E-state index is 0.0133. The maximum atomic E-state index is 14.2. The molecule has 41 heavy (non-hydrogen) atoms. The molecule has 0 aliphatic heterocycles. The predicted molar refractivity (Wildman–Crippen MR) is 155 cm³/mol. The van der Waals surface area contributed by atoms with E-state index >= 15 is 0 Å². The molecule has 1 unspecified atom stereocenters. The molecule has 1 atom stereocenters. The average molecular weight is 572 g/mol. The lowest BCUT2D eigenvalue weighted by atomic mass is 9.95. The maximum absolute atomic E-state index is 14.2. The number of alkyl halides is 3. The maximum Gasteiger partial charge on any atom is 0.417 e. The fraction of sp³-hybridized carbons (Fsp3) is 0.424. The fourth-order valence-electron chi connectivity index (χ4n) is 4.61. The van der Waals surface area contributed by atoms with E-state index in [4.69, 9.17) is 14.9 Å². The molecule has 0 saturated carbocycles. The lowest BCUT2D eigenvalue weighted by Crippen LogP contribution is -2.27. The summed E-state index contributed by atoms with van der Waals surface area (Å²) in [7, 11) is 0. The van der Waals surface area contributed by atoms with Crippen LogP contribution in [0, 0.1) is 0 Å². The number of hydrogen-bond acceptors (Lipinski definition) is 4. The third-order valence-corrected chi connectivity index (χ3v) is 7.02. The molecular formula is C33H40F3NO4. The third-order valence-electron chi connectivity index (χ3n) is 7.02. The van der Waals surface area contributed by atoms with Gasteiger partial charge in [0.25, 0.3) is 5.91 Å². The Labute approximate surface area is 240 Å². The first-order chi connectivity index (χ1) is 19.5. The van der Waals surface area contributed by atoms with E-state index in [1.165, 1.54) is 6.07 Å². The first-order valence-corrected chi connectivity index (χ1v) is 14.2. The molecule has 3 N–H and O–H groups in total. The van der Waals surface area contributed by atoms with Gasteiger partial charge in [-0.3, -0.25) is 4.79 Å². The summed E-state index contributed by atoms with van der Waals surface area (Å²) in [5, 5.41) is 20.5. The first kappa shape index (κ1) is 32.2. The Kier molecular flexibility index (Phi) is 11.8. The number of ether oxygens (including phenoxy) is 1. The molecular weight excluding hydrogens is 531 g/mol. The van der Waals surface area contributed by atoms with Gasteiger partial charge in [-0.2, -0.15) is 13.2 Å². The van der Waals surface area contributed by atoms with Gasteiger partial charge in [-0.15, -0.1) is 0 Å². The molecule has 0 aliphatic rings. The van der Waals surface area contributed by atoms with Gasteiger partial charge in [0.15, 0.2) is 6.29 Å². The van der Waals surface area contributed by atoms with Gasteiger partial charge in [0.1, 0.15) is 11.9 Å². The van der Waals surface area contributed by atoms with Crippen LogP contribution in [0.5, 0.6) is 5.75 Å². The van der Waals surface area contributed by atoms with E-state index in [0.717, 1.165) is 42.9 Å². The highest BCUT2D eigenvalue weighted by Gasteiger charge is 2.34. The zero-order valence-electron chi connectivity index (χ0n) is 23.9. The second-order valence-corrected chi connectivity index (χ2v) is 10.6. The standard InChI is InChI=1S/C33H40F3NO4/c1-4-5-6-7-8-30(25-13-15-26(16-14-25)32(40)37-20-19-31(38)39)41-27-17-18-28(29(21-27)33(34,35)36)24-11-9-23(10-12-24)22(2)3/h9-18,21-22,30-31,38-39H,4-8,19-20H2,1-3H3,(H,37,40). The van der Waals surface area contributed by atoms with Crippen LogP contribution in [0.1, 0.15) is 98.4 Å². The van der Waals surface area contributed by atoms with Gasteiger partial charge in [0, 0.05) is 18.5 Å². The molecule has 5 nitrogen and oxygen atoms in total. The van der Waals surface area contributed by atoms with Gasteiger partial charge >= 0.3 is 6.18 Å². The van der Waals surface area contributed by atoms with Crippen molar-refractivity contribution in [2.75, 3.05) is 6.54 Å². The zero-order valence-corrected chi connectivity index (χ0v) is 23.9. The Morgan fingerprint density at radius 2 is 1.54 bits per heavy atom. The molecule has 0 aromatic heterocycles. The summed E-state index contributed by atoms with van der Waals surface area (Å²) in [4.78, 5) is 12.4. The molecule has 3 aromatic carbocycles. The van der Waals surface area contributed by atoms with Crippen LogP contribution < -0.4 is 10.1 Å². The fourth-order valence-corrected chi connectivity index (χ4v) is 4.61. The summed E-state index contributed by atoms with van der Waals surface area (Å²) in [6.45, 7) is 6.29. The normalized spacial score (nSPS) is 12.5. The minimum Gasteiger partial charge on any atom is -0.486 e. The topological polar surface area (TPSA) is 78.8 Å². The van der Waals surface area contributed by atoms with E-state index in [0.29, 0.717) is 17.5 Å². The van der Waals surface area contributed by atoms with Crippen LogP contribution in [0.3, 0.4) is 0 Å². The zero-order chi connectivity index (χ0) is 30.0. The van der Waals surface area contributed by atoms with Crippen LogP contribution >= 0.6 is 0 Å². The molecule has 0 bridgehead atoms. The molecule has 0 heterocycles. The molecule has 0 radical (unpaired) electrons. The Hall–Kier alpha value is -3.36. The number of halogens is 3. The first-order valence-electron chi connectivity index (χ1n) is 14.2. The van der Waals surface area contributed by atoms with Crippen molar-refractivity contribution in [3.8, 4) is 16.9 Å². The SMILES string of the molecule is CCCCCCC(Oc1ccc(-c2ccc(C(C)C)cc2)c(C(F)(F)F)c1)c1ccc(C(=O)NCCC(O)O)cc1. The van der Waals surface area contributed by atoms with Gasteiger partial charge in [0.05, 0.1) is 5.56 Å². The number of aliphatic hydroxyl groups is 2. The van der Waals surface area contributed by atoms with Gasteiger partial charge in [0.2, 0.25) is 0 Å². The largest absolute Gasteiger partial charge is 0.486 e. The van der Waals surface area contributed by atoms with Gasteiger partial charge in [-0.1, -0.05) is 82.5 Å². The Balaban J connectivity index is 1.85. The summed E-state index contributed by atoms with van der Waals surface area (Å²) in [6.07, 6.45) is -2.01. The van der Waals surface area contributed by atoms with Crippen molar-refractivity contribution in [2.45, 2.75) is 83.8 Å². The molecule has 0 spiro atoms. The number of carbonyl (C=O) groups is 1. The summed E-state index contributed by atoms with van der Waals surface area (Å²) in [6, 6.07) is 18.0. The quantitative estimate of drug-likeness (QED) is 0.135. The molecule has 0 fully saturated rings.